The number of carboxylic acids is 2. The first-order chi connectivity index (χ1) is 13.8. The lowest BCUT2D eigenvalue weighted by Gasteiger charge is -2.21. The minimum absolute atomic E-state index is 0.0434. The highest BCUT2D eigenvalue weighted by molar-refractivity contribution is 6.03. The van der Waals surface area contributed by atoms with E-state index in [1.165, 1.54) is 26.0 Å². The van der Waals surface area contributed by atoms with Crippen molar-refractivity contribution in [2.45, 2.75) is 52.7 Å². The SMILES string of the molecule is C=C(C)C(=O)OC(C)Cc1ccc(C(=O)O)c(C(=O)O)c1CC(C)OC(=O)C(=C)C. The molecular weight excluding hydrogens is 392 g/mol. The molecule has 0 fully saturated rings. The number of rotatable bonds is 10. The zero-order valence-electron chi connectivity index (χ0n) is 17.5. The van der Waals surface area contributed by atoms with E-state index in [4.69, 9.17) is 9.47 Å². The zero-order valence-corrected chi connectivity index (χ0v) is 17.5. The zero-order chi connectivity index (χ0) is 23.2. The second-order valence-corrected chi connectivity index (χ2v) is 7.14. The highest BCUT2D eigenvalue weighted by atomic mass is 16.5. The Balaban J connectivity index is 3.37. The number of carbonyl (C=O) groups is 4. The molecule has 0 aliphatic carbocycles. The van der Waals surface area contributed by atoms with Crippen LogP contribution in [0.3, 0.4) is 0 Å². The van der Waals surface area contributed by atoms with Crippen LogP contribution in [0.2, 0.25) is 0 Å². The molecule has 0 spiro atoms. The van der Waals surface area contributed by atoms with Crippen molar-refractivity contribution in [2.24, 2.45) is 0 Å². The van der Waals surface area contributed by atoms with Gasteiger partial charge in [-0.15, -0.1) is 0 Å². The third kappa shape index (κ3) is 6.58. The van der Waals surface area contributed by atoms with Gasteiger partial charge in [-0.2, -0.15) is 0 Å². The molecule has 8 heteroatoms. The molecule has 0 bridgehead atoms. The number of hydrogen-bond acceptors (Lipinski definition) is 6. The minimum Gasteiger partial charge on any atom is -0.478 e. The van der Waals surface area contributed by atoms with Gasteiger partial charge in [-0.05, 0) is 44.9 Å². The molecule has 0 aliphatic heterocycles. The van der Waals surface area contributed by atoms with Crippen LogP contribution in [0.25, 0.3) is 0 Å². The molecular formula is C22H26O8. The molecule has 2 N–H and O–H groups in total. The molecule has 1 rings (SSSR count). The molecule has 30 heavy (non-hydrogen) atoms. The largest absolute Gasteiger partial charge is 0.478 e. The number of benzene rings is 1. The van der Waals surface area contributed by atoms with Crippen molar-refractivity contribution in [1.82, 2.24) is 0 Å². The lowest BCUT2D eigenvalue weighted by molar-refractivity contribution is -0.144. The van der Waals surface area contributed by atoms with Crippen molar-refractivity contribution < 1.29 is 38.9 Å². The summed E-state index contributed by atoms with van der Waals surface area (Å²) < 4.78 is 10.5. The van der Waals surface area contributed by atoms with Crippen molar-refractivity contribution in [3.8, 4) is 0 Å². The van der Waals surface area contributed by atoms with Crippen LogP contribution in [0.4, 0.5) is 0 Å². The van der Waals surface area contributed by atoms with E-state index in [0.29, 0.717) is 5.56 Å². The van der Waals surface area contributed by atoms with E-state index in [1.807, 2.05) is 0 Å². The molecule has 0 aromatic heterocycles. The van der Waals surface area contributed by atoms with Crippen LogP contribution in [-0.4, -0.2) is 46.3 Å². The molecule has 0 amide bonds. The fourth-order valence-corrected chi connectivity index (χ4v) is 2.78. The number of hydrogen-bond donors (Lipinski definition) is 2. The van der Waals surface area contributed by atoms with E-state index in [0.717, 1.165) is 0 Å². The molecule has 1 aromatic carbocycles. The van der Waals surface area contributed by atoms with Crippen LogP contribution >= 0.6 is 0 Å². The van der Waals surface area contributed by atoms with Crippen molar-refractivity contribution >= 4 is 23.9 Å². The van der Waals surface area contributed by atoms with Crippen LogP contribution in [0.1, 0.15) is 59.5 Å². The van der Waals surface area contributed by atoms with Crippen molar-refractivity contribution in [2.75, 3.05) is 0 Å². The van der Waals surface area contributed by atoms with E-state index in [9.17, 15) is 29.4 Å². The molecule has 8 nitrogen and oxygen atoms in total. The molecule has 0 heterocycles. The summed E-state index contributed by atoms with van der Waals surface area (Å²) >= 11 is 0. The van der Waals surface area contributed by atoms with Gasteiger partial charge in [-0.3, -0.25) is 0 Å². The fraction of sp³-hybridized carbons (Fsp3) is 0.364. The fourth-order valence-electron chi connectivity index (χ4n) is 2.78. The van der Waals surface area contributed by atoms with Crippen molar-refractivity contribution in [3.63, 3.8) is 0 Å². The topological polar surface area (TPSA) is 127 Å². The smallest absolute Gasteiger partial charge is 0.336 e. The standard InChI is InChI=1S/C22H26O8/c1-11(2)21(27)29-13(5)9-15-7-8-16(19(23)24)18(20(25)26)17(15)10-14(6)30-22(28)12(3)4/h7-8,13-14H,1,3,9-10H2,2,4-6H3,(H,23,24)(H,25,26). The predicted octanol–water partition coefficient (Wildman–Crippen LogP) is 3.18. The van der Waals surface area contributed by atoms with Gasteiger partial charge in [-0.25, -0.2) is 19.2 Å². The Kier molecular flexibility index (Phi) is 8.52. The maximum absolute atomic E-state index is 11.9. The van der Waals surface area contributed by atoms with Crippen molar-refractivity contribution in [1.29, 1.82) is 0 Å². The summed E-state index contributed by atoms with van der Waals surface area (Å²) in [4.78, 5) is 47.0. The second kappa shape index (κ2) is 10.4. The van der Waals surface area contributed by atoms with Gasteiger partial charge < -0.3 is 19.7 Å². The van der Waals surface area contributed by atoms with Crippen LogP contribution in [0.15, 0.2) is 36.4 Å². The summed E-state index contributed by atoms with van der Waals surface area (Å²) in [6.45, 7) is 13.2. The van der Waals surface area contributed by atoms with Crippen LogP contribution < -0.4 is 0 Å². The molecule has 0 radical (unpaired) electrons. The van der Waals surface area contributed by atoms with Gasteiger partial charge in [0.1, 0.15) is 12.2 Å². The van der Waals surface area contributed by atoms with E-state index >= 15 is 0 Å². The Hall–Kier alpha value is -3.42. The Morgan fingerprint density at radius 3 is 1.73 bits per heavy atom. The molecule has 0 aliphatic rings. The monoisotopic (exact) mass is 418 g/mol. The lowest BCUT2D eigenvalue weighted by Crippen LogP contribution is -2.24. The van der Waals surface area contributed by atoms with E-state index < -0.39 is 41.6 Å². The van der Waals surface area contributed by atoms with Gasteiger partial charge in [0, 0.05) is 24.0 Å². The van der Waals surface area contributed by atoms with Gasteiger partial charge in [0.2, 0.25) is 0 Å². The first-order valence-electron chi connectivity index (χ1n) is 9.19. The molecule has 0 saturated carbocycles. The number of esters is 2. The third-order valence-corrected chi connectivity index (χ3v) is 4.17. The van der Waals surface area contributed by atoms with Gasteiger partial charge in [-0.1, -0.05) is 19.2 Å². The van der Waals surface area contributed by atoms with E-state index in [2.05, 4.69) is 13.2 Å². The van der Waals surface area contributed by atoms with Crippen molar-refractivity contribution in [3.05, 3.63) is 58.7 Å². The molecule has 2 atom stereocenters. The van der Waals surface area contributed by atoms with Gasteiger partial charge >= 0.3 is 23.9 Å². The first kappa shape index (κ1) is 24.6. The number of carboxylic acid groups (broad SMARTS) is 2. The predicted molar refractivity (Wildman–Crippen MR) is 109 cm³/mol. The molecule has 162 valence electrons. The first-order valence-corrected chi connectivity index (χ1v) is 9.19. The minimum atomic E-state index is -1.42. The van der Waals surface area contributed by atoms with Gasteiger partial charge in [0.05, 0.1) is 11.1 Å². The Morgan fingerprint density at radius 1 is 0.867 bits per heavy atom. The van der Waals surface area contributed by atoms with Crippen LogP contribution in [0, 0.1) is 0 Å². The number of aromatic carboxylic acids is 2. The summed E-state index contributed by atoms with van der Waals surface area (Å²) in [5.74, 6) is -4.05. The van der Waals surface area contributed by atoms with Crippen LogP contribution in [-0.2, 0) is 31.9 Å². The summed E-state index contributed by atoms with van der Waals surface area (Å²) in [5, 5.41) is 19.1. The Bertz CT molecular complexity index is 897. The van der Waals surface area contributed by atoms with Gasteiger partial charge in [0.25, 0.3) is 0 Å². The summed E-state index contributed by atoms with van der Waals surface area (Å²) in [5.41, 5.74) is 0.290. The lowest BCUT2D eigenvalue weighted by atomic mass is 9.89. The third-order valence-electron chi connectivity index (χ3n) is 4.17. The quantitative estimate of drug-likeness (QED) is 0.438. The summed E-state index contributed by atoms with van der Waals surface area (Å²) in [6, 6.07) is 2.67. The molecule has 0 saturated heterocycles. The van der Waals surface area contributed by atoms with Crippen LogP contribution in [0.5, 0.6) is 0 Å². The highest BCUT2D eigenvalue weighted by Gasteiger charge is 2.26. The normalized spacial score (nSPS) is 12.4. The van der Waals surface area contributed by atoms with E-state index in [-0.39, 0.29) is 35.1 Å². The van der Waals surface area contributed by atoms with E-state index in [1.54, 1.807) is 13.8 Å². The Labute approximate surface area is 174 Å². The maximum Gasteiger partial charge on any atom is 0.336 e. The average molecular weight is 418 g/mol. The highest BCUT2D eigenvalue weighted by Crippen LogP contribution is 2.25. The summed E-state index contributed by atoms with van der Waals surface area (Å²) in [7, 11) is 0. The molecule has 2 unspecified atom stereocenters. The number of carbonyl (C=O) groups excluding carboxylic acids is 2. The molecule has 1 aromatic rings. The summed E-state index contributed by atoms with van der Waals surface area (Å²) in [6.07, 6.45) is -1.28. The van der Waals surface area contributed by atoms with Gasteiger partial charge in [0.15, 0.2) is 0 Å². The Morgan fingerprint density at radius 2 is 1.33 bits per heavy atom. The number of ether oxygens (including phenoxy) is 2. The average Bonchev–Trinajstić information content (AvgIpc) is 2.61. The maximum atomic E-state index is 11.9. The second-order valence-electron chi connectivity index (χ2n) is 7.14.